The number of rotatable bonds is 14. The topological polar surface area (TPSA) is 163 Å². The number of esters is 2. The van der Waals surface area contributed by atoms with E-state index in [4.69, 9.17) is 42.1 Å². The number of anilines is 2. The average molecular weight is 966 g/mol. The summed E-state index contributed by atoms with van der Waals surface area (Å²) in [6, 6.07) is 7.59. The van der Waals surface area contributed by atoms with Gasteiger partial charge >= 0.3 is 36.0 Å². The molecule has 65 heavy (non-hydrogen) atoms. The Morgan fingerprint density at radius 3 is 1.45 bits per heavy atom. The van der Waals surface area contributed by atoms with E-state index in [0.717, 1.165) is 24.5 Å². The number of hydrogen-bond acceptors (Lipinski definition) is 12. The Bertz CT molecular complexity index is 2310. The molecule has 4 heterocycles. The van der Waals surface area contributed by atoms with Crippen LogP contribution in [0.15, 0.2) is 55.0 Å². The van der Waals surface area contributed by atoms with Crippen LogP contribution in [0.25, 0.3) is 0 Å². The number of ether oxygens (including phenoxy) is 4. The molecule has 0 radical (unpaired) electrons. The number of hydrogen-bond donors (Lipinski definition) is 0. The summed E-state index contributed by atoms with van der Waals surface area (Å²) in [6.07, 6.45) is -0.836. The van der Waals surface area contributed by atoms with E-state index in [1.54, 1.807) is 6.92 Å². The van der Waals surface area contributed by atoms with Crippen LogP contribution in [0.1, 0.15) is 77.9 Å². The molecule has 0 aliphatic heterocycles. The second-order valence-corrected chi connectivity index (χ2v) is 16.3. The number of carbonyl (C=O) groups is 4. The van der Waals surface area contributed by atoms with Gasteiger partial charge in [0.1, 0.15) is 40.7 Å². The Kier molecular flexibility index (Phi) is 18.4. The Balaban J connectivity index is 0.000000345. The van der Waals surface area contributed by atoms with Crippen LogP contribution in [0, 0.1) is 17.6 Å². The smallest absolute Gasteiger partial charge is 0.416 e. The molecule has 4 aromatic rings. The maximum absolute atomic E-state index is 15.3. The van der Waals surface area contributed by atoms with E-state index < -0.39 is 124 Å². The molecule has 0 spiro atoms. The van der Waals surface area contributed by atoms with E-state index >= 15 is 8.78 Å². The Morgan fingerprint density at radius 1 is 0.631 bits per heavy atom. The minimum atomic E-state index is -3.80. The van der Waals surface area contributed by atoms with Gasteiger partial charge in [-0.15, -0.1) is 0 Å². The van der Waals surface area contributed by atoms with Crippen LogP contribution >= 0.6 is 23.2 Å². The van der Waals surface area contributed by atoms with Gasteiger partial charge in [-0.05, 0) is 79.7 Å². The zero-order chi connectivity index (χ0) is 49.1. The van der Waals surface area contributed by atoms with Gasteiger partial charge in [-0.1, -0.05) is 35.3 Å². The summed E-state index contributed by atoms with van der Waals surface area (Å²) in [7, 11) is 0. The molecule has 14 nitrogen and oxygen atoms in total. The van der Waals surface area contributed by atoms with E-state index in [-0.39, 0.29) is 28.7 Å². The first-order valence-electron chi connectivity index (χ1n) is 19.4. The van der Waals surface area contributed by atoms with Gasteiger partial charge in [0.25, 0.3) is 0 Å². The number of halogens is 9. The molecule has 354 valence electrons. The van der Waals surface area contributed by atoms with Gasteiger partial charge in [0, 0.05) is 29.7 Å². The molecule has 0 saturated carbocycles. The van der Waals surface area contributed by atoms with Crippen molar-refractivity contribution >= 4 is 59.0 Å². The number of alkyl halides is 4. The Hall–Kier alpha value is -5.83. The molecule has 0 atom stereocenters. The quantitative estimate of drug-likeness (QED) is 0.0510. The van der Waals surface area contributed by atoms with Crippen LogP contribution in [0.5, 0.6) is 0 Å². The van der Waals surface area contributed by atoms with Gasteiger partial charge < -0.3 is 18.9 Å². The van der Waals surface area contributed by atoms with Crippen molar-refractivity contribution in [2.24, 2.45) is 0 Å². The van der Waals surface area contributed by atoms with Crippen LogP contribution in [0.3, 0.4) is 0 Å². The molecule has 23 heteroatoms. The third-order valence-electron chi connectivity index (χ3n) is 7.95. The van der Waals surface area contributed by atoms with Crippen molar-refractivity contribution in [3.8, 4) is 0 Å². The standard InChI is InChI=1S/C21H22ClF4N3O4.C21H23ClF3N3O4/c1-5-32-14(30)10-12-15(22)17(24)28-18(16(12)23)29(19(31)33-20(2,3)4)11-21(25,26)13-8-6-7-9-27-13;1-5-31-16(29)10-13-14(22)11-27-18(17(13)23)28(19(30)32-20(2,3)4)12-21(24,25)15-8-6-7-9-26-15/h6-9H,5,10-11H2,1-4H3;6-9,11H,5,10,12H2,1-4H3. The summed E-state index contributed by atoms with van der Waals surface area (Å²) in [5, 5.41) is -1.06. The predicted molar refractivity (Wildman–Crippen MR) is 222 cm³/mol. The summed E-state index contributed by atoms with van der Waals surface area (Å²) in [6.45, 7) is 9.22. The molecule has 4 aromatic heterocycles. The molecule has 2 amide bonds. The number of aromatic nitrogens is 4. The zero-order valence-corrected chi connectivity index (χ0v) is 37.8. The van der Waals surface area contributed by atoms with Crippen molar-refractivity contribution < 1.29 is 68.9 Å². The number of carbonyl (C=O) groups excluding carboxylic acids is 4. The molecule has 0 unspecified atom stereocenters. The second kappa shape index (κ2) is 22.4. The highest BCUT2D eigenvalue weighted by Crippen LogP contribution is 2.36. The van der Waals surface area contributed by atoms with Gasteiger partial charge in [-0.25, -0.2) is 23.4 Å². The van der Waals surface area contributed by atoms with E-state index in [1.807, 2.05) is 0 Å². The lowest BCUT2D eigenvalue weighted by molar-refractivity contribution is -0.143. The normalized spacial score (nSPS) is 11.8. The second-order valence-electron chi connectivity index (χ2n) is 15.5. The fourth-order valence-corrected chi connectivity index (χ4v) is 5.63. The van der Waals surface area contributed by atoms with Crippen molar-refractivity contribution in [1.29, 1.82) is 0 Å². The van der Waals surface area contributed by atoms with Crippen LogP contribution in [-0.2, 0) is 53.2 Å². The molecule has 0 N–H and O–H groups in total. The maximum Gasteiger partial charge on any atom is 0.416 e. The highest BCUT2D eigenvalue weighted by Gasteiger charge is 2.43. The highest BCUT2D eigenvalue weighted by molar-refractivity contribution is 6.32. The molecule has 0 fully saturated rings. The van der Waals surface area contributed by atoms with Crippen LogP contribution in [-0.4, -0.2) is 81.6 Å². The van der Waals surface area contributed by atoms with Gasteiger partial charge in [-0.2, -0.15) is 26.9 Å². The number of nitrogens with zero attached hydrogens (tertiary/aromatic N) is 6. The first kappa shape index (κ1) is 53.5. The third kappa shape index (κ3) is 15.4. The van der Waals surface area contributed by atoms with Crippen molar-refractivity contribution in [3.05, 3.63) is 105 Å². The van der Waals surface area contributed by atoms with Gasteiger partial charge in [0.15, 0.2) is 23.3 Å². The first-order valence-corrected chi connectivity index (χ1v) is 20.1. The Morgan fingerprint density at radius 2 is 1.05 bits per heavy atom. The van der Waals surface area contributed by atoms with Crippen molar-refractivity contribution in [1.82, 2.24) is 19.9 Å². The fourth-order valence-electron chi connectivity index (χ4n) is 5.24. The van der Waals surface area contributed by atoms with Gasteiger partial charge in [0.2, 0.25) is 5.95 Å². The van der Waals surface area contributed by atoms with E-state index in [0.29, 0.717) is 4.90 Å². The van der Waals surface area contributed by atoms with Crippen LogP contribution in [0.4, 0.5) is 52.0 Å². The monoisotopic (exact) mass is 964 g/mol. The van der Waals surface area contributed by atoms with E-state index in [2.05, 4.69) is 19.9 Å². The van der Waals surface area contributed by atoms with E-state index in [9.17, 15) is 41.1 Å². The van der Waals surface area contributed by atoms with Crippen molar-refractivity contribution in [3.63, 3.8) is 0 Å². The Labute approximate surface area is 379 Å². The highest BCUT2D eigenvalue weighted by atomic mass is 35.5. The lowest BCUT2D eigenvalue weighted by Gasteiger charge is -2.30. The van der Waals surface area contributed by atoms with Crippen LogP contribution < -0.4 is 9.80 Å². The largest absolute Gasteiger partial charge is 0.466 e. The summed E-state index contributed by atoms with van der Waals surface area (Å²) < 4.78 is 125. The lowest BCUT2D eigenvalue weighted by atomic mass is 10.1. The first-order chi connectivity index (χ1) is 30.1. The maximum atomic E-state index is 15.3. The molecule has 4 rings (SSSR count). The summed E-state index contributed by atoms with van der Waals surface area (Å²) in [5.41, 5.74) is -4.62. The van der Waals surface area contributed by atoms with Crippen LogP contribution in [0.2, 0.25) is 10.0 Å². The predicted octanol–water partition coefficient (Wildman–Crippen LogP) is 9.96. The molecule has 0 aliphatic carbocycles. The van der Waals surface area contributed by atoms with E-state index in [1.165, 1.54) is 78.9 Å². The SMILES string of the molecule is CCOC(=O)Cc1c(Cl)cnc(N(CC(F)(F)c2ccccn2)C(=O)OC(C)(C)C)c1F.CCOC(=O)Cc1c(F)c(N(CC(F)(F)c2ccccn2)C(=O)OC(C)(C)C)nc(F)c1Cl. The third-order valence-corrected chi connectivity index (χ3v) is 8.66. The van der Waals surface area contributed by atoms with Gasteiger partial charge in [0.05, 0.1) is 31.1 Å². The molecule has 0 aromatic carbocycles. The van der Waals surface area contributed by atoms with Crippen molar-refractivity contribution in [2.75, 3.05) is 36.1 Å². The van der Waals surface area contributed by atoms with Crippen molar-refractivity contribution in [2.45, 2.75) is 91.3 Å². The minimum absolute atomic E-state index is 0.0428. The number of amides is 2. The molecular formula is C42H45Cl2F7N6O8. The molecular weight excluding hydrogens is 920 g/mol. The zero-order valence-electron chi connectivity index (χ0n) is 36.3. The average Bonchev–Trinajstić information content (AvgIpc) is 3.21. The molecule has 0 saturated heterocycles. The summed E-state index contributed by atoms with van der Waals surface area (Å²) in [4.78, 5) is 63.8. The molecule has 0 bridgehead atoms. The summed E-state index contributed by atoms with van der Waals surface area (Å²) in [5.74, 6) is -15.2. The summed E-state index contributed by atoms with van der Waals surface area (Å²) >= 11 is 11.7. The number of pyridine rings is 4. The molecule has 0 aliphatic rings. The lowest BCUT2D eigenvalue weighted by Crippen LogP contribution is -2.44. The fraction of sp³-hybridized carbons (Fsp3) is 0.429. The van der Waals surface area contributed by atoms with Gasteiger partial charge in [-0.3, -0.25) is 29.4 Å². The minimum Gasteiger partial charge on any atom is -0.466 e.